The van der Waals surface area contributed by atoms with Gasteiger partial charge in [-0.25, -0.2) is 4.39 Å². The van der Waals surface area contributed by atoms with Crippen molar-refractivity contribution in [1.82, 2.24) is 5.43 Å². The molecule has 2 nitrogen and oxygen atoms in total. The minimum absolute atomic E-state index is 0.0996. The van der Waals surface area contributed by atoms with Gasteiger partial charge in [0.2, 0.25) is 0 Å². The Labute approximate surface area is 126 Å². The molecule has 0 spiro atoms. The van der Waals surface area contributed by atoms with Gasteiger partial charge in [0.05, 0.1) is 6.04 Å². The first kappa shape index (κ1) is 13.7. The lowest BCUT2D eigenvalue weighted by Gasteiger charge is -2.28. The maximum Gasteiger partial charge on any atom is 0.128 e. The first-order chi connectivity index (χ1) is 9.67. The summed E-state index contributed by atoms with van der Waals surface area (Å²) in [5.41, 5.74) is 4.55. The van der Waals surface area contributed by atoms with Crippen molar-refractivity contribution in [2.45, 2.75) is 24.3 Å². The van der Waals surface area contributed by atoms with E-state index in [1.165, 1.54) is 11.6 Å². The summed E-state index contributed by atoms with van der Waals surface area (Å²) in [6, 6.07) is 15.0. The topological polar surface area (TPSA) is 38.0 Å². The predicted molar refractivity (Wildman–Crippen MR) is 81.5 cm³/mol. The van der Waals surface area contributed by atoms with Crippen LogP contribution in [-0.4, -0.2) is 0 Å². The molecule has 104 valence electrons. The quantitative estimate of drug-likeness (QED) is 0.658. The smallest absolute Gasteiger partial charge is 0.128 e. The van der Waals surface area contributed by atoms with Gasteiger partial charge in [0.25, 0.3) is 0 Å². The SMILES string of the molecule is NNC(c1cc(Br)ccc1F)C1(c2ccccc2)CC1. The molecular weight excluding hydrogens is 319 g/mol. The maximum absolute atomic E-state index is 14.2. The average Bonchev–Trinajstić information content (AvgIpc) is 3.26. The van der Waals surface area contributed by atoms with E-state index in [0.29, 0.717) is 5.56 Å². The van der Waals surface area contributed by atoms with Gasteiger partial charge in [0.1, 0.15) is 5.82 Å². The van der Waals surface area contributed by atoms with Crippen LogP contribution in [0.15, 0.2) is 53.0 Å². The molecular formula is C16H16BrFN2. The molecule has 1 aliphatic carbocycles. The van der Waals surface area contributed by atoms with E-state index in [-0.39, 0.29) is 17.3 Å². The molecule has 2 aromatic rings. The highest BCUT2D eigenvalue weighted by molar-refractivity contribution is 9.10. The van der Waals surface area contributed by atoms with Crippen molar-refractivity contribution in [2.75, 3.05) is 0 Å². The van der Waals surface area contributed by atoms with Crippen LogP contribution in [0.1, 0.15) is 30.0 Å². The fourth-order valence-electron chi connectivity index (χ4n) is 2.93. The molecule has 0 amide bonds. The third-order valence-electron chi connectivity index (χ3n) is 4.13. The van der Waals surface area contributed by atoms with E-state index in [9.17, 15) is 4.39 Å². The molecule has 1 atom stereocenters. The second-order valence-corrected chi connectivity index (χ2v) is 6.20. The zero-order valence-corrected chi connectivity index (χ0v) is 12.5. The van der Waals surface area contributed by atoms with Gasteiger partial charge in [-0.05, 0) is 36.6 Å². The van der Waals surface area contributed by atoms with Crippen LogP contribution in [-0.2, 0) is 5.41 Å². The second kappa shape index (κ2) is 5.28. The van der Waals surface area contributed by atoms with Crippen molar-refractivity contribution in [3.05, 3.63) is 69.9 Å². The minimum atomic E-state index is -0.224. The molecule has 0 heterocycles. The van der Waals surface area contributed by atoms with Crippen molar-refractivity contribution < 1.29 is 4.39 Å². The van der Waals surface area contributed by atoms with Crippen LogP contribution in [0.25, 0.3) is 0 Å². The van der Waals surface area contributed by atoms with Crippen LogP contribution in [0.5, 0.6) is 0 Å². The first-order valence-corrected chi connectivity index (χ1v) is 7.43. The van der Waals surface area contributed by atoms with E-state index in [1.54, 1.807) is 6.07 Å². The lowest BCUT2D eigenvalue weighted by atomic mass is 9.84. The van der Waals surface area contributed by atoms with Gasteiger partial charge in [0, 0.05) is 15.5 Å². The number of halogens is 2. The monoisotopic (exact) mass is 334 g/mol. The van der Waals surface area contributed by atoms with Gasteiger partial charge in [-0.2, -0.15) is 0 Å². The zero-order chi connectivity index (χ0) is 14.2. The summed E-state index contributed by atoms with van der Waals surface area (Å²) in [4.78, 5) is 0. The molecule has 4 heteroatoms. The van der Waals surface area contributed by atoms with Gasteiger partial charge in [-0.3, -0.25) is 11.3 Å². The highest BCUT2D eigenvalue weighted by atomic mass is 79.9. The van der Waals surface area contributed by atoms with E-state index in [1.807, 2.05) is 24.3 Å². The summed E-state index contributed by atoms with van der Waals surface area (Å²) in [5.74, 6) is 5.53. The molecule has 0 bridgehead atoms. The Hall–Kier alpha value is -1.23. The largest absolute Gasteiger partial charge is 0.271 e. The van der Waals surface area contributed by atoms with Crippen molar-refractivity contribution in [1.29, 1.82) is 0 Å². The maximum atomic E-state index is 14.2. The Kier molecular flexibility index (Phi) is 3.63. The summed E-state index contributed by atoms with van der Waals surface area (Å²) in [7, 11) is 0. The third kappa shape index (κ3) is 2.28. The standard InChI is InChI=1S/C16H16BrFN2/c17-12-6-7-14(18)13(10-12)15(20-19)16(8-9-16)11-4-2-1-3-5-11/h1-7,10,15,20H,8-9,19H2. The van der Waals surface area contributed by atoms with E-state index in [2.05, 4.69) is 33.5 Å². The second-order valence-electron chi connectivity index (χ2n) is 5.29. The average molecular weight is 335 g/mol. The highest BCUT2D eigenvalue weighted by Crippen LogP contribution is 2.56. The number of rotatable bonds is 4. The van der Waals surface area contributed by atoms with Gasteiger partial charge in [-0.15, -0.1) is 0 Å². The van der Waals surface area contributed by atoms with E-state index < -0.39 is 0 Å². The van der Waals surface area contributed by atoms with Crippen LogP contribution in [0.4, 0.5) is 4.39 Å². The summed E-state index contributed by atoms with van der Waals surface area (Å²) in [5, 5.41) is 0. The molecule has 1 unspecified atom stereocenters. The fourth-order valence-corrected chi connectivity index (χ4v) is 3.31. The van der Waals surface area contributed by atoms with Crippen LogP contribution >= 0.6 is 15.9 Å². The van der Waals surface area contributed by atoms with Gasteiger partial charge in [0.15, 0.2) is 0 Å². The third-order valence-corrected chi connectivity index (χ3v) is 4.62. The Morgan fingerprint density at radius 2 is 1.85 bits per heavy atom. The van der Waals surface area contributed by atoms with Gasteiger partial charge in [-0.1, -0.05) is 46.3 Å². The number of hydrogen-bond acceptors (Lipinski definition) is 2. The van der Waals surface area contributed by atoms with Crippen molar-refractivity contribution in [3.63, 3.8) is 0 Å². The fraction of sp³-hybridized carbons (Fsp3) is 0.250. The molecule has 20 heavy (non-hydrogen) atoms. The molecule has 0 aliphatic heterocycles. The van der Waals surface area contributed by atoms with Crippen molar-refractivity contribution in [3.8, 4) is 0 Å². The molecule has 0 aromatic heterocycles. The minimum Gasteiger partial charge on any atom is -0.271 e. The van der Waals surface area contributed by atoms with Crippen LogP contribution < -0.4 is 11.3 Å². The summed E-state index contributed by atoms with van der Waals surface area (Å²) < 4.78 is 15.0. The number of benzene rings is 2. The van der Waals surface area contributed by atoms with Crippen molar-refractivity contribution in [2.24, 2.45) is 5.84 Å². The summed E-state index contributed by atoms with van der Waals surface area (Å²) in [6.07, 6.45) is 2.02. The van der Waals surface area contributed by atoms with Crippen LogP contribution in [0.2, 0.25) is 0 Å². The molecule has 0 saturated heterocycles. The molecule has 1 fully saturated rings. The lowest BCUT2D eigenvalue weighted by molar-refractivity contribution is 0.420. The van der Waals surface area contributed by atoms with E-state index >= 15 is 0 Å². The summed E-state index contributed by atoms with van der Waals surface area (Å²) >= 11 is 3.40. The Morgan fingerprint density at radius 1 is 1.15 bits per heavy atom. The Morgan fingerprint density at radius 3 is 2.45 bits per heavy atom. The zero-order valence-electron chi connectivity index (χ0n) is 10.9. The summed E-state index contributed by atoms with van der Waals surface area (Å²) in [6.45, 7) is 0. The van der Waals surface area contributed by atoms with Crippen molar-refractivity contribution >= 4 is 15.9 Å². The highest BCUT2D eigenvalue weighted by Gasteiger charge is 2.51. The lowest BCUT2D eigenvalue weighted by Crippen LogP contribution is -2.37. The van der Waals surface area contributed by atoms with E-state index in [0.717, 1.165) is 17.3 Å². The number of nitrogens with one attached hydrogen (secondary N) is 1. The number of hydrogen-bond donors (Lipinski definition) is 2. The number of hydrazine groups is 1. The first-order valence-electron chi connectivity index (χ1n) is 6.64. The molecule has 3 N–H and O–H groups in total. The molecule has 1 aliphatic rings. The van der Waals surface area contributed by atoms with Crippen LogP contribution in [0.3, 0.4) is 0 Å². The normalized spacial score (nSPS) is 17.8. The Bertz CT molecular complexity index is 611. The van der Waals surface area contributed by atoms with Crippen LogP contribution in [0, 0.1) is 5.82 Å². The molecule has 0 radical (unpaired) electrons. The van der Waals surface area contributed by atoms with Gasteiger partial charge < -0.3 is 0 Å². The molecule has 2 aromatic carbocycles. The number of nitrogens with two attached hydrogens (primary N) is 1. The van der Waals surface area contributed by atoms with Gasteiger partial charge >= 0.3 is 0 Å². The molecule has 3 rings (SSSR count). The predicted octanol–water partition coefficient (Wildman–Crippen LogP) is 3.82. The van der Waals surface area contributed by atoms with E-state index in [4.69, 9.17) is 5.84 Å². The molecule has 1 saturated carbocycles. The Balaban J connectivity index is 2.04.